The Morgan fingerprint density at radius 2 is 1.91 bits per heavy atom. The summed E-state index contributed by atoms with van der Waals surface area (Å²) in [5, 5.41) is 13.2. The quantitative estimate of drug-likeness (QED) is 0.467. The maximum atomic E-state index is 10.8. The van der Waals surface area contributed by atoms with Crippen molar-refractivity contribution in [2.24, 2.45) is 0 Å². The molecule has 0 unspecified atom stereocenters. The highest BCUT2D eigenvalue weighted by Gasteiger charge is 2.23. The molecule has 0 aliphatic carbocycles. The number of hydrogen-bond acceptors (Lipinski definition) is 3. The van der Waals surface area contributed by atoms with Crippen LogP contribution in [0.5, 0.6) is 0 Å². The first-order valence-electron chi connectivity index (χ1n) is 3.20. The van der Waals surface area contributed by atoms with E-state index in [4.69, 9.17) is 5.11 Å². The van der Waals surface area contributed by atoms with Crippen molar-refractivity contribution in [2.45, 2.75) is 0 Å². The van der Waals surface area contributed by atoms with E-state index in [0.29, 0.717) is 0 Å². The van der Waals surface area contributed by atoms with Crippen molar-refractivity contribution in [3.63, 3.8) is 0 Å². The van der Waals surface area contributed by atoms with Gasteiger partial charge in [0.2, 0.25) is 0 Å². The molecule has 0 saturated carbocycles. The Balaban J connectivity index is 2.55. The molecule has 0 aromatic heterocycles. The lowest BCUT2D eigenvalue weighted by atomic mass is 10.5. The van der Waals surface area contributed by atoms with Crippen LogP contribution in [0.1, 0.15) is 0 Å². The average Bonchev–Trinajstić information content (AvgIpc) is 1.97. The van der Waals surface area contributed by atoms with Crippen LogP contribution < -0.4 is 10.6 Å². The van der Waals surface area contributed by atoms with Crippen molar-refractivity contribution < 1.29 is 14.7 Å². The minimum absolute atomic E-state index is 0.0255. The van der Waals surface area contributed by atoms with Gasteiger partial charge >= 0.3 is 12.1 Å². The summed E-state index contributed by atoms with van der Waals surface area (Å²) in [4.78, 5) is 22.6. The molecule has 0 aromatic rings. The second kappa shape index (κ2) is 3.20. The first-order chi connectivity index (χ1) is 5.25. The molecule has 1 fully saturated rings. The fraction of sp³-hybridized carbons (Fsp3) is 0.600. The van der Waals surface area contributed by atoms with Gasteiger partial charge in [0.25, 0.3) is 0 Å². The fourth-order valence-corrected chi connectivity index (χ4v) is 0.782. The normalized spacial score (nSPS) is 17.7. The topological polar surface area (TPSA) is 81.7 Å². The highest BCUT2D eigenvalue weighted by molar-refractivity contribution is 5.95. The van der Waals surface area contributed by atoms with Gasteiger partial charge in [-0.3, -0.25) is 0 Å². The number of rotatable bonds is 2. The summed E-state index contributed by atoms with van der Waals surface area (Å²) in [5.41, 5.74) is 0. The standard InChI is InChI=1S/C5H9N3O3/c9-2-1-8-4(10)6-3-7-5(8)11/h9H,1-3H2,(H,6,10)(H,7,11). The highest BCUT2D eigenvalue weighted by atomic mass is 16.3. The molecular weight excluding hydrogens is 150 g/mol. The van der Waals surface area contributed by atoms with Gasteiger partial charge in [0.05, 0.1) is 19.8 Å². The SMILES string of the molecule is O=C1NCNC(=O)N1CCO. The number of β-amino-alcohol motifs (C(OH)–C–C–N with tert-alkyl or cyclic N) is 1. The summed E-state index contributed by atoms with van der Waals surface area (Å²) < 4.78 is 0. The van der Waals surface area contributed by atoms with Crippen LogP contribution in [0.3, 0.4) is 0 Å². The van der Waals surface area contributed by atoms with E-state index < -0.39 is 12.1 Å². The zero-order chi connectivity index (χ0) is 8.27. The molecule has 0 aromatic carbocycles. The van der Waals surface area contributed by atoms with Crippen LogP contribution >= 0.6 is 0 Å². The molecule has 3 N–H and O–H groups in total. The van der Waals surface area contributed by atoms with Crippen molar-refractivity contribution >= 4 is 12.1 Å². The van der Waals surface area contributed by atoms with Gasteiger partial charge < -0.3 is 15.7 Å². The lowest BCUT2D eigenvalue weighted by molar-refractivity contribution is 0.162. The van der Waals surface area contributed by atoms with Crippen molar-refractivity contribution in [2.75, 3.05) is 19.8 Å². The number of nitrogens with one attached hydrogen (secondary N) is 2. The zero-order valence-electron chi connectivity index (χ0n) is 5.83. The monoisotopic (exact) mass is 159 g/mol. The molecule has 0 radical (unpaired) electrons. The summed E-state index contributed by atoms with van der Waals surface area (Å²) in [7, 11) is 0. The predicted molar refractivity (Wildman–Crippen MR) is 35.7 cm³/mol. The Labute approximate surface area is 63.2 Å². The molecule has 1 aliphatic heterocycles. The molecule has 1 heterocycles. The smallest absolute Gasteiger partial charge is 0.327 e. The van der Waals surface area contributed by atoms with Crippen LogP contribution in [-0.4, -0.2) is 41.9 Å². The summed E-state index contributed by atoms with van der Waals surface area (Å²) in [6.07, 6.45) is 0. The number of carbonyl (C=O) groups is 2. The molecule has 6 nitrogen and oxygen atoms in total. The average molecular weight is 159 g/mol. The number of imide groups is 1. The number of aliphatic hydroxyl groups excluding tert-OH is 1. The van der Waals surface area contributed by atoms with Gasteiger partial charge in [-0.15, -0.1) is 0 Å². The zero-order valence-corrected chi connectivity index (χ0v) is 5.83. The van der Waals surface area contributed by atoms with Crippen molar-refractivity contribution in [1.82, 2.24) is 15.5 Å². The molecule has 0 atom stereocenters. The third kappa shape index (κ3) is 1.58. The Morgan fingerprint density at radius 3 is 2.36 bits per heavy atom. The van der Waals surface area contributed by atoms with Crippen LogP contribution in [0, 0.1) is 0 Å². The lowest BCUT2D eigenvalue weighted by Gasteiger charge is -2.25. The molecule has 1 aliphatic rings. The van der Waals surface area contributed by atoms with E-state index in [0.717, 1.165) is 4.90 Å². The predicted octanol–water partition coefficient (Wildman–Crippen LogP) is -1.33. The molecule has 1 rings (SSSR count). The van der Waals surface area contributed by atoms with Crippen LogP contribution in [0.25, 0.3) is 0 Å². The third-order valence-electron chi connectivity index (χ3n) is 1.29. The first kappa shape index (κ1) is 7.80. The van der Waals surface area contributed by atoms with Crippen LogP contribution in [0.2, 0.25) is 0 Å². The van der Waals surface area contributed by atoms with E-state index in [1.54, 1.807) is 0 Å². The van der Waals surface area contributed by atoms with Gasteiger partial charge in [0.15, 0.2) is 0 Å². The largest absolute Gasteiger partial charge is 0.395 e. The number of amides is 4. The van der Waals surface area contributed by atoms with E-state index in [1.807, 2.05) is 0 Å². The minimum Gasteiger partial charge on any atom is -0.395 e. The van der Waals surface area contributed by atoms with Gasteiger partial charge in [0, 0.05) is 0 Å². The lowest BCUT2D eigenvalue weighted by Crippen LogP contribution is -2.58. The molecule has 0 spiro atoms. The van der Waals surface area contributed by atoms with Crippen molar-refractivity contribution in [3.8, 4) is 0 Å². The fourth-order valence-electron chi connectivity index (χ4n) is 0.782. The molecule has 4 amide bonds. The molecular formula is C5H9N3O3. The van der Waals surface area contributed by atoms with Crippen LogP contribution in [-0.2, 0) is 0 Å². The van der Waals surface area contributed by atoms with Gasteiger partial charge in [-0.25, -0.2) is 14.5 Å². The number of urea groups is 2. The Hall–Kier alpha value is -1.30. The number of hydrogen-bond donors (Lipinski definition) is 3. The highest BCUT2D eigenvalue weighted by Crippen LogP contribution is 1.93. The second-order valence-corrected chi connectivity index (χ2v) is 2.02. The minimum atomic E-state index is -0.470. The number of aliphatic hydroxyl groups is 1. The van der Waals surface area contributed by atoms with E-state index in [2.05, 4.69) is 10.6 Å². The molecule has 1 saturated heterocycles. The summed E-state index contributed by atoms with van der Waals surface area (Å²) >= 11 is 0. The number of carbonyl (C=O) groups excluding carboxylic acids is 2. The molecule has 0 bridgehead atoms. The Bertz CT molecular complexity index is 166. The van der Waals surface area contributed by atoms with Gasteiger partial charge in [-0.2, -0.15) is 0 Å². The van der Waals surface area contributed by atoms with Gasteiger partial charge in [-0.1, -0.05) is 0 Å². The summed E-state index contributed by atoms with van der Waals surface area (Å²) in [6, 6.07) is -0.939. The molecule has 62 valence electrons. The van der Waals surface area contributed by atoms with E-state index in [9.17, 15) is 9.59 Å². The molecule has 11 heavy (non-hydrogen) atoms. The Morgan fingerprint density at radius 1 is 1.36 bits per heavy atom. The maximum Gasteiger partial charge on any atom is 0.327 e. The van der Waals surface area contributed by atoms with Crippen molar-refractivity contribution in [3.05, 3.63) is 0 Å². The maximum absolute atomic E-state index is 10.8. The summed E-state index contributed by atoms with van der Waals surface area (Å²) in [5.74, 6) is 0. The van der Waals surface area contributed by atoms with E-state index in [-0.39, 0.29) is 19.8 Å². The second-order valence-electron chi connectivity index (χ2n) is 2.02. The summed E-state index contributed by atoms with van der Waals surface area (Å²) in [6.45, 7) is -0.0435. The number of nitrogens with zero attached hydrogens (tertiary/aromatic N) is 1. The van der Waals surface area contributed by atoms with E-state index >= 15 is 0 Å². The third-order valence-corrected chi connectivity index (χ3v) is 1.29. The van der Waals surface area contributed by atoms with Gasteiger partial charge in [0.1, 0.15) is 0 Å². The molecule has 6 heteroatoms. The van der Waals surface area contributed by atoms with Gasteiger partial charge in [-0.05, 0) is 0 Å². The Kier molecular flexibility index (Phi) is 2.27. The van der Waals surface area contributed by atoms with E-state index in [1.165, 1.54) is 0 Å². The van der Waals surface area contributed by atoms with Crippen molar-refractivity contribution in [1.29, 1.82) is 0 Å². The van der Waals surface area contributed by atoms with Crippen LogP contribution in [0.4, 0.5) is 9.59 Å². The first-order valence-corrected chi connectivity index (χ1v) is 3.20. The van der Waals surface area contributed by atoms with Crippen LogP contribution in [0.15, 0.2) is 0 Å².